The maximum atomic E-state index is 6.44. The van der Waals surface area contributed by atoms with Gasteiger partial charge in [-0.3, -0.25) is 4.57 Å². The molecule has 0 saturated carbocycles. The molecule has 0 aliphatic rings. The van der Waals surface area contributed by atoms with Gasteiger partial charge in [0, 0.05) is 52.8 Å². The average molecular weight is 787 g/mol. The Balaban J connectivity index is 1.14. The lowest BCUT2D eigenvalue weighted by atomic mass is 10.1. The van der Waals surface area contributed by atoms with Crippen molar-refractivity contribution in [1.82, 2.24) is 29.1 Å². The number of benzene rings is 8. The molecule has 0 unspecified atom stereocenters. The topological polar surface area (TPSA) is 74.6 Å². The van der Waals surface area contributed by atoms with E-state index >= 15 is 0 Å². The fourth-order valence-corrected chi connectivity index (χ4v) is 10.1. The summed E-state index contributed by atoms with van der Waals surface area (Å²) in [6.45, 7) is 0. The van der Waals surface area contributed by atoms with Crippen LogP contribution in [0.5, 0.6) is 0 Å². The van der Waals surface area contributed by atoms with Crippen molar-refractivity contribution in [2.45, 2.75) is 0 Å². The van der Waals surface area contributed by atoms with Crippen molar-refractivity contribution >= 4 is 86.2 Å². The van der Waals surface area contributed by atoms with E-state index in [4.69, 9.17) is 24.4 Å². The Labute approximate surface area is 346 Å². The minimum absolute atomic E-state index is 0.540. The molecule has 7 nitrogen and oxygen atoms in total. The third-order valence-corrected chi connectivity index (χ3v) is 12.8. The van der Waals surface area contributed by atoms with Crippen LogP contribution in [0.15, 0.2) is 186 Å². The Hall–Kier alpha value is -7.94. The lowest BCUT2D eigenvalue weighted by Crippen LogP contribution is -2.07. The highest BCUT2D eigenvalue weighted by atomic mass is 32.1. The van der Waals surface area contributed by atoms with Gasteiger partial charge in [0.25, 0.3) is 0 Å². The van der Waals surface area contributed by atoms with E-state index in [9.17, 15) is 0 Å². The number of rotatable bonds is 5. The first-order chi connectivity index (χ1) is 29.7. The summed E-state index contributed by atoms with van der Waals surface area (Å²) >= 11 is 1.79. The molecule has 13 rings (SSSR count). The van der Waals surface area contributed by atoms with Crippen molar-refractivity contribution in [3.05, 3.63) is 182 Å². The summed E-state index contributed by atoms with van der Waals surface area (Å²) in [5, 5.41) is 6.93. The van der Waals surface area contributed by atoms with Crippen LogP contribution in [0, 0.1) is 0 Å². The molecule has 280 valence electrons. The molecule has 0 bridgehead atoms. The first-order valence-electron chi connectivity index (χ1n) is 19.9. The number of oxazole rings is 1. The molecule has 8 aromatic carbocycles. The third kappa shape index (κ3) is 4.88. The van der Waals surface area contributed by atoms with Gasteiger partial charge in [0.15, 0.2) is 17.2 Å². The van der Waals surface area contributed by atoms with Crippen LogP contribution in [0.3, 0.4) is 0 Å². The van der Waals surface area contributed by atoms with Gasteiger partial charge in [0.05, 0.1) is 33.3 Å². The zero-order chi connectivity index (χ0) is 39.3. The number of thiophene rings is 1. The van der Waals surface area contributed by atoms with E-state index in [-0.39, 0.29) is 0 Å². The molecule has 5 heterocycles. The second kappa shape index (κ2) is 12.8. The summed E-state index contributed by atoms with van der Waals surface area (Å²) in [7, 11) is 0. The van der Waals surface area contributed by atoms with E-state index in [0.717, 1.165) is 77.1 Å². The van der Waals surface area contributed by atoms with Gasteiger partial charge in [-0.15, -0.1) is 11.3 Å². The number of para-hydroxylation sites is 5. The summed E-state index contributed by atoms with van der Waals surface area (Å²) in [6, 6.07) is 63.2. The summed E-state index contributed by atoms with van der Waals surface area (Å²) in [4.78, 5) is 20.9. The SMILES string of the molecule is c1ccc(-c2nc(-c3ccc4c(c3)sc3ccccc34)nc(-n3c4ccccc4c4ccc5c6ccccc6n(-c6ccccc6-c6nc7ccccc7o6)c5c43)n2)cc1. The van der Waals surface area contributed by atoms with Crippen LogP contribution >= 0.6 is 11.3 Å². The van der Waals surface area contributed by atoms with Crippen molar-refractivity contribution < 1.29 is 4.42 Å². The van der Waals surface area contributed by atoms with Crippen molar-refractivity contribution in [2.75, 3.05) is 0 Å². The standard InChI is InChI=1S/C52H30N6OS/c1-2-14-31(15-3-1)49-54-50(32-26-27-36-35-18-7-13-25-45(35)60-46(36)30-32)56-52(55-49)58-42-22-10-5-17-34(42)38-29-28-37-33-16-4-9-21-41(33)57(47(37)48(38)58)43-23-11-6-19-39(43)51-53-40-20-8-12-24-44(40)59-51/h1-30H. The van der Waals surface area contributed by atoms with Gasteiger partial charge in [-0.05, 0) is 48.5 Å². The van der Waals surface area contributed by atoms with Crippen LogP contribution in [0.1, 0.15) is 0 Å². The number of hydrogen-bond donors (Lipinski definition) is 0. The average Bonchev–Trinajstić information content (AvgIpc) is 4.08. The van der Waals surface area contributed by atoms with Gasteiger partial charge >= 0.3 is 0 Å². The quantitative estimate of drug-likeness (QED) is 0.174. The Morgan fingerprint density at radius 2 is 1.02 bits per heavy atom. The lowest BCUT2D eigenvalue weighted by Gasteiger charge is -2.14. The van der Waals surface area contributed by atoms with Crippen LogP contribution in [-0.4, -0.2) is 29.1 Å². The highest BCUT2D eigenvalue weighted by Crippen LogP contribution is 2.43. The maximum absolute atomic E-state index is 6.44. The van der Waals surface area contributed by atoms with Crippen molar-refractivity contribution in [2.24, 2.45) is 0 Å². The smallest absolute Gasteiger partial charge is 0.238 e. The largest absolute Gasteiger partial charge is 0.436 e. The minimum atomic E-state index is 0.540. The molecule has 0 radical (unpaired) electrons. The Bertz CT molecular complexity index is 3820. The molecule has 0 atom stereocenters. The molecule has 60 heavy (non-hydrogen) atoms. The Kier molecular flexibility index (Phi) is 7.05. The van der Waals surface area contributed by atoms with Gasteiger partial charge in [0.1, 0.15) is 5.52 Å². The summed E-state index contributed by atoms with van der Waals surface area (Å²) in [5.41, 5.74) is 9.35. The van der Waals surface area contributed by atoms with Crippen molar-refractivity contribution in [3.63, 3.8) is 0 Å². The predicted molar refractivity (Wildman–Crippen MR) is 245 cm³/mol. The van der Waals surface area contributed by atoms with Crippen LogP contribution in [0.2, 0.25) is 0 Å². The fraction of sp³-hybridized carbons (Fsp3) is 0. The van der Waals surface area contributed by atoms with Gasteiger partial charge in [-0.25, -0.2) is 9.97 Å². The normalized spacial score (nSPS) is 12.0. The fourth-order valence-electron chi connectivity index (χ4n) is 8.97. The molecule has 5 aromatic heterocycles. The first kappa shape index (κ1) is 33.1. The Morgan fingerprint density at radius 3 is 1.82 bits per heavy atom. The van der Waals surface area contributed by atoms with Gasteiger partial charge in [0.2, 0.25) is 11.8 Å². The van der Waals surface area contributed by atoms with E-state index in [1.165, 1.54) is 20.2 Å². The van der Waals surface area contributed by atoms with E-state index in [1.54, 1.807) is 11.3 Å². The molecule has 0 spiro atoms. The van der Waals surface area contributed by atoms with E-state index in [2.05, 4.69) is 143 Å². The molecule has 8 heteroatoms. The number of hydrogen-bond acceptors (Lipinski definition) is 6. The summed E-state index contributed by atoms with van der Waals surface area (Å²) in [5.74, 6) is 2.32. The van der Waals surface area contributed by atoms with Crippen LogP contribution in [0.25, 0.3) is 121 Å². The van der Waals surface area contributed by atoms with E-state index < -0.39 is 0 Å². The Morgan fingerprint density at radius 1 is 0.417 bits per heavy atom. The first-order valence-corrected chi connectivity index (χ1v) is 20.7. The molecule has 0 amide bonds. The van der Waals surface area contributed by atoms with Gasteiger partial charge in [-0.2, -0.15) is 9.97 Å². The summed E-state index contributed by atoms with van der Waals surface area (Å²) in [6.07, 6.45) is 0. The van der Waals surface area contributed by atoms with Gasteiger partial charge < -0.3 is 8.98 Å². The zero-order valence-electron chi connectivity index (χ0n) is 31.8. The molecule has 0 fully saturated rings. The monoisotopic (exact) mass is 786 g/mol. The maximum Gasteiger partial charge on any atom is 0.238 e. The third-order valence-electron chi connectivity index (χ3n) is 11.6. The lowest BCUT2D eigenvalue weighted by molar-refractivity contribution is 0.619. The van der Waals surface area contributed by atoms with Crippen molar-refractivity contribution in [3.8, 4) is 45.9 Å². The predicted octanol–water partition coefficient (Wildman–Crippen LogP) is 13.6. The molecule has 0 aliphatic heterocycles. The van der Waals surface area contributed by atoms with Gasteiger partial charge in [-0.1, -0.05) is 133 Å². The number of aromatic nitrogens is 6. The van der Waals surface area contributed by atoms with Crippen LogP contribution in [0.4, 0.5) is 0 Å². The van der Waals surface area contributed by atoms with E-state index in [1.807, 2.05) is 48.5 Å². The molecule has 13 aromatic rings. The zero-order valence-corrected chi connectivity index (χ0v) is 32.6. The highest BCUT2D eigenvalue weighted by molar-refractivity contribution is 7.25. The molecule has 0 N–H and O–H groups in total. The van der Waals surface area contributed by atoms with Crippen LogP contribution in [-0.2, 0) is 0 Å². The number of fused-ring (bicyclic) bond motifs is 11. The molecular weight excluding hydrogens is 757 g/mol. The summed E-state index contributed by atoms with van der Waals surface area (Å²) < 4.78 is 13.5. The minimum Gasteiger partial charge on any atom is -0.436 e. The second-order valence-electron chi connectivity index (χ2n) is 15.0. The number of nitrogens with zero attached hydrogens (tertiary/aromatic N) is 6. The molecular formula is C52H30N6OS. The van der Waals surface area contributed by atoms with Crippen LogP contribution < -0.4 is 0 Å². The molecule has 0 aliphatic carbocycles. The second-order valence-corrected chi connectivity index (χ2v) is 16.1. The molecule has 0 saturated heterocycles. The highest BCUT2D eigenvalue weighted by Gasteiger charge is 2.25. The van der Waals surface area contributed by atoms with Crippen molar-refractivity contribution in [1.29, 1.82) is 0 Å². The van der Waals surface area contributed by atoms with E-state index in [0.29, 0.717) is 23.5 Å².